The largest absolute Gasteiger partial charge is 0.310 e. The maximum absolute atomic E-state index is 2.47. The van der Waals surface area contributed by atoms with E-state index in [1.165, 1.54) is 100 Å². The highest BCUT2D eigenvalue weighted by molar-refractivity contribution is 5.94. The molecule has 280 valence electrons. The van der Waals surface area contributed by atoms with Crippen LogP contribution in [0.4, 0.5) is 17.1 Å². The third kappa shape index (κ3) is 4.89. The van der Waals surface area contributed by atoms with E-state index in [0.29, 0.717) is 0 Å². The van der Waals surface area contributed by atoms with Crippen molar-refractivity contribution in [3.63, 3.8) is 0 Å². The Morgan fingerprint density at radius 3 is 1.31 bits per heavy atom. The maximum Gasteiger partial charge on any atom is 0.0465 e. The summed E-state index contributed by atoms with van der Waals surface area (Å²) in [5, 5.41) is 0. The number of hydrogen-bond donors (Lipinski definition) is 0. The molecule has 0 saturated heterocycles. The predicted molar refractivity (Wildman–Crippen MR) is 245 cm³/mol. The number of benzene rings is 8. The minimum absolute atomic E-state index is 0.0953. The van der Waals surface area contributed by atoms with Crippen molar-refractivity contribution in [1.82, 2.24) is 0 Å². The number of nitrogens with zero attached hydrogens (tertiary/aromatic N) is 1. The highest BCUT2D eigenvalue weighted by atomic mass is 15.1. The van der Waals surface area contributed by atoms with Gasteiger partial charge in [0.05, 0.1) is 0 Å². The van der Waals surface area contributed by atoms with Gasteiger partial charge in [-0.2, -0.15) is 0 Å². The van der Waals surface area contributed by atoms with E-state index in [1.54, 1.807) is 0 Å². The fraction of sp³-hybridized carbons (Fsp3) is 0.158. The van der Waals surface area contributed by atoms with Gasteiger partial charge in [0.2, 0.25) is 0 Å². The van der Waals surface area contributed by atoms with E-state index in [0.717, 1.165) is 5.69 Å². The third-order valence-electron chi connectivity index (χ3n) is 13.9. The Morgan fingerprint density at radius 1 is 0.276 bits per heavy atom. The molecule has 0 spiro atoms. The lowest BCUT2D eigenvalue weighted by atomic mass is 9.81. The van der Waals surface area contributed by atoms with Crippen LogP contribution in [0.25, 0.3) is 55.6 Å². The smallest absolute Gasteiger partial charge is 0.0465 e. The summed E-state index contributed by atoms with van der Waals surface area (Å²) in [6.07, 6.45) is 0. The summed E-state index contributed by atoms with van der Waals surface area (Å²) in [6, 6.07) is 66.1. The summed E-state index contributed by atoms with van der Waals surface area (Å²) >= 11 is 0. The average molecular weight is 746 g/mol. The molecule has 0 saturated carbocycles. The van der Waals surface area contributed by atoms with Crippen molar-refractivity contribution in [3.05, 3.63) is 209 Å². The van der Waals surface area contributed by atoms with Crippen LogP contribution in [0.3, 0.4) is 0 Å². The molecule has 0 heterocycles. The SMILES string of the molecule is CC1(C)c2ccccc2-c2ccc(N(c3ccc(-c4ccc5c(c4)C(C)(C)c4cccc(-c6ccccc6)c4-5)cc3)c3ccc4c(c3)C(C)(C)c3ccccc3-4)cc21. The first-order chi connectivity index (χ1) is 28.0. The molecule has 58 heavy (non-hydrogen) atoms. The van der Waals surface area contributed by atoms with Gasteiger partial charge < -0.3 is 4.90 Å². The zero-order valence-corrected chi connectivity index (χ0v) is 34.2. The van der Waals surface area contributed by atoms with Crippen LogP contribution in [-0.4, -0.2) is 0 Å². The summed E-state index contributed by atoms with van der Waals surface area (Å²) in [5.41, 5.74) is 24.6. The standard InChI is InChI=1S/C57H47N/c1-55(2)48-20-12-10-17-43(48)45-31-28-40(34-52(45)55)58(41-29-32-46-44-18-11-13-21-49(44)56(3,4)53(46)35-41)39-26-23-36(24-27-39)38-25-30-47-51(33-38)57(5,6)50-22-14-19-42(54(47)50)37-15-8-7-9-16-37/h7-35H,1-6H3. The van der Waals surface area contributed by atoms with Gasteiger partial charge in [-0.1, -0.05) is 175 Å². The van der Waals surface area contributed by atoms with E-state index in [9.17, 15) is 0 Å². The Bertz CT molecular complexity index is 2850. The molecule has 0 amide bonds. The Hall–Kier alpha value is -6.44. The summed E-state index contributed by atoms with van der Waals surface area (Å²) in [6.45, 7) is 14.2. The van der Waals surface area contributed by atoms with Gasteiger partial charge >= 0.3 is 0 Å². The van der Waals surface area contributed by atoms with Crippen LogP contribution in [0.2, 0.25) is 0 Å². The molecule has 1 nitrogen and oxygen atoms in total. The molecule has 0 aromatic heterocycles. The third-order valence-corrected chi connectivity index (χ3v) is 13.9. The van der Waals surface area contributed by atoms with Crippen molar-refractivity contribution in [2.75, 3.05) is 4.90 Å². The van der Waals surface area contributed by atoms with Crippen molar-refractivity contribution in [2.45, 2.75) is 57.8 Å². The second-order valence-electron chi connectivity index (χ2n) is 18.2. The minimum Gasteiger partial charge on any atom is -0.310 e. The first kappa shape index (κ1) is 34.8. The van der Waals surface area contributed by atoms with Gasteiger partial charge in [0.1, 0.15) is 0 Å². The van der Waals surface area contributed by atoms with Crippen molar-refractivity contribution < 1.29 is 0 Å². The molecule has 0 aliphatic heterocycles. The van der Waals surface area contributed by atoms with E-state index in [4.69, 9.17) is 0 Å². The van der Waals surface area contributed by atoms with Gasteiger partial charge in [-0.25, -0.2) is 0 Å². The normalized spacial score (nSPS) is 15.5. The molecule has 0 unspecified atom stereocenters. The molecule has 3 aliphatic rings. The second-order valence-corrected chi connectivity index (χ2v) is 18.2. The number of hydrogen-bond acceptors (Lipinski definition) is 1. The molecular formula is C57H47N. The van der Waals surface area contributed by atoms with E-state index in [2.05, 4.69) is 222 Å². The van der Waals surface area contributed by atoms with Crippen molar-refractivity contribution in [3.8, 4) is 55.6 Å². The average Bonchev–Trinajstić information content (AvgIpc) is 3.73. The number of fused-ring (bicyclic) bond motifs is 9. The van der Waals surface area contributed by atoms with E-state index in [-0.39, 0.29) is 16.2 Å². The summed E-state index contributed by atoms with van der Waals surface area (Å²) in [7, 11) is 0. The molecule has 0 atom stereocenters. The predicted octanol–water partition coefficient (Wildman–Crippen LogP) is 15.4. The summed E-state index contributed by atoms with van der Waals surface area (Å²) in [5.74, 6) is 0. The molecule has 11 rings (SSSR count). The van der Waals surface area contributed by atoms with Crippen LogP contribution in [0.15, 0.2) is 176 Å². The molecule has 0 bridgehead atoms. The van der Waals surface area contributed by atoms with Crippen LogP contribution >= 0.6 is 0 Å². The van der Waals surface area contributed by atoms with E-state index in [1.807, 2.05) is 0 Å². The Kier molecular flexibility index (Phi) is 7.36. The lowest BCUT2D eigenvalue weighted by molar-refractivity contribution is 0.660. The second kappa shape index (κ2) is 12.3. The highest BCUT2D eigenvalue weighted by Crippen LogP contribution is 2.55. The molecule has 0 radical (unpaired) electrons. The Balaban J connectivity index is 1.02. The number of anilines is 3. The zero-order valence-electron chi connectivity index (χ0n) is 34.2. The minimum atomic E-state index is -0.107. The Morgan fingerprint density at radius 2 is 0.707 bits per heavy atom. The van der Waals surface area contributed by atoms with Gasteiger partial charge in [0, 0.05) is 33.3 Å². The molecular weight excluding hydrogens is 699 g/mol. The van der Waals surface area contributed by atoms with Crippen molar-refractivity contribution >= 4 is 17.1 Å². The van der Waals surface area contributed by atoms with Gasteiger partial charge in [-0.15, -0.1) is 0 Å². The fourth-order valence-corrected chi connectivity index (χ4v) is 10.7. The van der Waals surface area contributed by atoms with Crippen LogP contribution in [0, 0.1) is 0 Å². The van der Waals surface area contributed by atoms with Crippen molar-refractivity contribution in [2.24, 2.45) is 0 Å². The topological polar surface area (TPSA) is 3.24 Å². The number of rotatable bonds is 5. The molecule has 1 heteroatoms. The van der Waals surface area contributed by atoms with E-state index >= 15 is 0 Å². The van der Waals surface area contributed by atoms with E-state index < -0.39 is 0 Å². The summed E-state index contributed by atoms with van der Waals surface area (Å²) < 4.78 is 0. The van der Waals surface area contributed by atoms with Gasteiger partial charge in [0.15, 0.2) is 0 Å². The Labute approximate surface area is 343 Å². The maximum atomic E-state index is 2.47. The van der Waals surface area contributed by atoms with Crippen LogP contribution in [-0.2, 0) is 16.2 Å². The lowest BCUT2D eigenvalue weighted by Crippen LogP contribution is -2.18. The molecule has 0 fully saturated rings. The quantitative estimate of drug-likeness (QED) is 0.170. The van der Waals surface area contributed by atoms with Crippen LogP contribution in [0.5, 0.6) is 0 Å². The molecule has 8 aromatic rings. The van der Waals surface area contributed by atoms with Gasteiger partial charge in [0.25, 0.3) is 0 Å². The lowest BCUT2D eigenvalue weighted by Gasteiger charge is -2.30. The van der Waals surface area contributed by atoms with Gasteiger partial charge in [-0.3, -0.25) is 0 Å². The van der Waals surface area contributed by atoms with Crippen LogP contribution < -0.4 is 4.90 Å². The molecule has 8 aromatic carbocycles. The summed E-state index contributed by atoms with van der Waals surface area (Å²) in [4.78, 5) is 2.47. The molecule has 0 N–H and O–H groups in total. The fourth-order valence-electron chi connectivity index (χ4n) is 10.7. The van der Waals surface area contributed by atoms with Crippen LogP contribution in [0.1, 0.15) is 74.9 Å². The van der Waals surface area contributed by atoms with Crippen molar-refractivity contribution in [1.29, 1.82) is 0 Å². The molecule has 3 aliphatic carbocycles. The first-order valence-corrected chi connectivity index (χ1v) is 20.8. The first-order valence-electron chi connectivity index (χ1n) is 20.8. The highest BCUT2D eigenvalue weighted by Gasteiger charge is 2.39. The van der Waals surface area contributed by atoms with Gasteiger partial charge in [-0.05, 0) is 131 Å². The monoisotopic (exact) mass is 745 g/mol. The zero-order chi connectivity index (χ0) is 39.6.